The molecule has 2 nitrogen and oxygen atoms in total. The summed E-state index contributed by atoms with van der Waals surface area (Å²) in [5, 5.41) is 7.17. The van der Waals surface area contributed by atoms with Crippen LogP contribution < -0.4 is 10.6 Å². The number of nitrogens with one attached hydrogen (secondary N) is 2. The minimum Gasteiger partial charge on any atom is -0.385 e. The molecule has 0 fully saturated rings. The molecule has 0 atom stereocenters. The summed E-state index contributed by atoms with van der Waals surface area (Å²) in [5.74, 6) is 0. The summed E-state index contributed by atoms with van der Waals surface area (Å²) in [6, 6.07) is 13.5. The molecule has 1 aliphatic carbocycles. The summed E-state index contributed by atoms with van der Waals surface area (Å²) >= 11 is 0. The van der Waals surface area contributed by atoms with E-state index >= 15 is 0 Å². The quantitative estimate of drug-likeness (QED) is 0.881. The first-order chi connectivity index (χ1) is 10.4. The zero-order valence-corrected chi connectivity index (χ0v) is 12.4. The van der Waals surface area contributed by atoms with E-state index in [1.807, 2.05) is 0 Å². The Morgan fingerprint density at radius 3 is 2.81 bits per heavy atom. The van der Waals surface area contributed by atoms with E-state index in [4.69, 9.17) is 0 Å². The highest BCUT2D eigenvalue weighted by Crippen LogP contribution is 2.28. The van der Waals surface area contributed by atoms with Gasteiger partial charge in [0.15, 0.2) is 0 Å². The Kier molecular flexibility index (Phi) is 3.30. The molecule has 0 spiro atoms. The van der Waals surface area contributed by atoms with E-state index in [2.05, 4.69) is 47.0 Å². The standard InChI is InChI=1S/C19H22N2/c1-4-14-9-10-18(12-16(14)6-1)21-13-17-7-2-5-15-8-3-11-20-19(15)17/h2,5,7,9-10,12,20-21H,1,3-4,6,8,11,13H2. The molecule has 4 rings (SSSR count). The lowest BCUT2D eigenvalue weighted by Crippen LogP contribution is -2.15. The fourth-order valence-electron chi connectivity index (χ4n) is 3.61. The van der Waals surface area contributed by atoms with Gasteiger partial charge in [0.05, 0.1) is 0 Å². The van der Waals surface area contributed by atoms with Crippen molar-refractivity contribution in [1.82, 2.24) is 0 Å². The highest BCUT2D eigenvalue weighted by atomic mass is 14.9. The van der Waals surface area contributed by atoms with Gasteiger partial charge in [-0.15, -0.1) is 0 Å². The molecule has 1 heterocycles. The Morgan fingerprint density at radius 1 is 0.905 bits per heavy atom. The van der Waals surface area contributed by atoms with Crippen molar-refractivity contribution in [3.8, 4) is 0 Å². The second-order valence-corrected chi connectivity index (χ2v) is 6.17. The summed E-state index contributed by atoms with van der Waals surface area (Å²) in [6.07, 6.45) is 6.26. The third-order valence-electron chi connectivity index (χ3n) is 4.74. The third kappa shape index (κ3) is 2.51. The third-order valence-corrected chi connectivity index (χ3v) is 4.74. The van der Waals surface area contributed by atoms with Gasteiger partial charge in [0.25, 0.3) is 0 Å². The zero-order chi connectivity index (χ0) is 14.1. The molecule has 0 amide bonds. The maximum absolute atomic E-state index is 3.60. The monoisotopic (exact) mass is 278 g/mol. The summed E-state index contributed by atoms with van der Waals surface area (Å²) in [4.78, 5) is 0. The topological polar surface area (TPSA) is 24.1 Å². The van der Waals surface area contributed by atoms with Crippen LogP contribution in [0, 0.1) is 0 Å². The SMILES string of the molecule is c1cc2c(c(CNc3ccc4c(c3)CCC4)c1)NCCC2. The number of aryl methyl sites for hydroxylation is 3. The van der Waals surface area contributed by atoms with Crippen molar-refractivity contribution in [2.45, 2.75) is 38.6 Å². The van der Waals surface area contributed by atoms with Gasteiger partial charge >= 0.3 is 0 Å². The van der Waals surface area contributed by atoms with E-state index < -0.39 is 0 Å². The number of rotatable bonds is 3. The van der Waals surface area contributed by atoms with Gasteiger partial charge in [-0.05, 0) is 66.5 Å². The first-order valence-electron chi connectivity index (χ1n) is 8.10. The van der Waals surface area contributed by atoms with Crippen molar-refractivity contribution in [2.24, 2.45) is 0 Å². The summed E-state index contributed by atoms with van der Waals surface area (Å²) < 4.78 is 0. The van der Waals surface area contributed by atoms with Gasteiger partial charge < -0.3 is 10.6 Å². The Bertz CT molecular complexity index is 661. The van der Waals surface area contributed by atoms with E-state index in [9.17, 15) is 0 Å². The van der Waals surface area contributed by atoms with Crippen LogP contribution >= 0.6 is 0 Å². The summed E-state index contributed by atoms with van der Waals surface area (Å²) in [7, 11) is 0. The van der Waals surface area contributed by atoms with Crippen molar-refractivity contribution >= 4 is 11.4 Å². The lowest BCUT2D eigenvalue weighted by atomic mass is 9.99. The minimum absolute atomic E-state index is 0.898. The lowest BCUT2D eigenvalue weighted by molar-refractivity contribution is 0.825. The molecule has 0 saturated heterocycles. The molecule has 1 aliphatic heterocycles. The van der Waals surface area contributed by atoms with Gasteiger partial charge in [-0.1, -0.05) is 24.3 Å². The molecule has 21 heavy (non-hydrogen) atoms. The molecule has 2 aliphatic rings. The average molecular weight is 278 g/mol. The van der Waals surface area contributed by atoms with E-state index in [0.29, 0.717) is 0 Å². The minimum atomic E-state index is 0.898. The van der Waals surface area contributed by atoms with Crippen LogP contribution in [0.25, 0.3) is 0 Å². The average Bonchev–Trinajstić information content (AvgIpc) is 3.00. The number of fused-ring (bicyclic) bond motifs is 2. The molecule has 0 bridgehead atoms. The lowest BCUT2D eigenvalue weighted by Gasteiger charge is -2.21. The van der Waals surface area contributed by atoms with Gasteiger partial charge in [0.2, 0.25) is 0 Å². The molecule has 0 saturated carbocycles. The second-order valence-electron chi connectivity index (χ2n) is 6.17. The number of anilines is 2. The predicted octanol–water partition coefficient (Wildman–Crippen LogP) is 4.15. The predicted molar refractivity (Wildman–Crippen MR) is 89.0 cm³/mol. The number of hydrogen-bond acceptors (Lipinski definition) is 2. The van der Waals surface area contributed by atoms with Crippen LogP contribution in [0.3, 0.4) is 0 Å². The van der Waals surface area contributed by atoms with Crippen LogP contribution in [0.4, 0.5) is 11.4 Å². The number of hydrogen-bond donors (Lipinski definition) is 2. The van der Waals surface area contributed by atoms with Crippen LogP contribution in [0.1, 0.15) is 35.1 Å². The molecule has 2 heteroatoms. The maximum atomic E-state index is 3.60. The molecule has 108 valence electrons. The van der Waals surface area contributed by atoms with Gasteiger partial charge in [-0.3, -0.25) is 0 Å². The molecular formula is C19H22N2. The Morgan fingerprint density at radius 2 is 1.81 bits per heavy atom. The van der Waals surface area contributed by atoms with Crippen molar-refractivity contribution in [1.29, 1.82) is 0 Å². The maximum Gasteiger partial charge on any atom is 0.0423 e. The van der Waals surface area contributed by atoms with Crippen LogP contribution in [-0.2, 0) is 25.8 Å². The van der Waals surface area contributed by atoms with E-state index in [1.54, 1.807) is 5.56 Å². The smallest absolute Gasteiger partial charge is 0.0423 e. The normalized spacial score (nSPS) is 16.0. The Hall–Kier alpha value is -1.96. The molecular weight excluding hydrogens is 256 g/mol. The first-order valence-corrected chi connectivity index (χ1v) is 8.10. The van der Waals surface area contributed by atoms with Crippen molar-refractivity contribution < 1.29 is 0 Å². The van der Waals surface area contributed by atoms with E-state index in [0.717, 1.165) is 13.1 Å². The summed E-state index contributed by atoms with van der Waals surface area (Å²) in [5.41, 5.74) is 8.54. The van der Waals surface area contributed by atoms with Crippen LogP contribution in [0.2, 0.25) is 0 Å². The fraction of sp³-hybridized carbons (Fsp3) is 0.368. The molecule has 0 unspecified atom stereocenters. The van der Waals surface area contributed by atoms with E-state index in [1.165, 1.54) is 60.2 Å². The highest BCUT2D eigenvalue weighted by Gasteiger charge is 2.13. The molecule has 2 aromatic carbocycles. The van der Waals surface area contributed by atoms with Crippen LogP contribution in [-0.4, -0.2) is 6.54 Å². The van der Waals surface area contributed by atoms with Gasteiger partial charge in [0, 0.05) is 24.5 Å². The number of para-hydroxylation sites is 1. The first kappa shape index (κ1) is 12.8. The Balaban J connectivity index is 1.52. The largest absolute Gasteiger partial charge is 0.385 e. The molecule has 0 aromatic heterocycles. The second kappa shape index (κ2) is 5.44. The van der Waals surface area contributed by atoms with Crippen LogP contribution in [0.15, 0.2) is 36.4 Å². The van der Waals surface area contributed by atoms with Gasteiger partial charge in [0.1, 0.15) is 0 Å². The van der Waals surface area contributed by atoms with Crippen molar-refractivity contribution in [2.75, 3.05) is 17.2 Å². The molecule has 2 aromatic rings. The van der Waals surface area contributed by atoms with Crippen molar-refractivity contribution in [3.05, 3.63) is 58.7 Å². The molecule has 2 N–H and O–H groups in total. The van der Waals surface area contributed by atoms with Gasteiger partial charge in [-0.2, -0.15) is 0 Å². The Labute approximate surface area is 126 Å². The molecule has 0 radical (unpaired) electrons. The van der Waals surface area contributed by atoms with E-state index in [-0.39, 0.29) is 0 Å². The van der Waals surface area contributed by atoms with Crippen LogP contribution in [0.5, 0.6) is 0 Å². The van der Waals surface area contributed by atoms with Gasteiger partial charge in [-0.25, -0.2) is 0 Å². The summed E-state index contributed by atoms with van der Waals surface area (Å²) in [6.45, 7) is 2.00. The zero-order valence-electron chi connectivity index (χ0n) is 12.4. The van der Waals surface area contributed by atoms with Crippen molar-refractivity contribution in [3.63, 3.8) is 0 Å². The fourth-order valence-corrected chi connectivity index (χ4v) is 3.61. The number of benzene rings is 2. The highest BCUT2D eigenvalue weighted by molar-refractivity contribution is 5.60.